The third kappa shape index (κ3) is 6.33. The van der Waals surface area contributed by atoms with Crippen LogP contribution in [0.5, 0.6) is 0 Å². The summed E-state index contributed by atoms with van der Waals surface area (Å²) in [5.74, 6) is -0.424. The van der Waals surface area contributed by atoms with E-state index in [0.717, 1.165) is 14.3 Å². The second-order valence-corrected chi connectivity index (χ2v) is 10.9. The van der Waals surface area contributed by atoms with E-state index in [0.29, 0.717) is 15.6 Å². The van der Waals surface area contributed by atoms with Gasteiger partial charge in [0.15, 0.2) is 0 Å². The summed E-state index contributed by atoms with van der Waals surface area (Å²) in [5, 5.41) is 3.63. The molecule has 3 aromatic rings. The van der Waals surface area contributed by atoms with Crippen LogP contribution in [0.15, 0.2) is 82.2 Å². The average Bonchev–Trinajstić information content (AvgIpc) is 2.75. The van der Waals surface area contributed by atoms with Gasteiger partial charge in [0.05, 0.1) is 17.5 Å². The van der Waals surface area contributed by atoms with Crippen LogP contribution < -0.4 is 5.32 Å². The summed E-state index contributed by atoms with van der Waals surface area (Å²) in [5.41, 5.74) is 1.46. The number of carbonyl (C=O) groups is 1. The van der Waals surface area contributed by atoms with Gasteiger partial charge in [-0.15, -0.1) is 0 Å². The molecule has 5 nitrogen and oxygen atoms in total. The Morgan fingerprint density at radius 1 is 1.03 bits per heavy atom. The fourth-order valence-electron chi connectivity index (χ4n) is 3.09. The van der Waals surface area contributed by atoms with E-state index in [9.17, 15) is 13.2 Å². The van der Waals surface area contributed by atoms with Crippen LogP contribution in [-0.2, 0) is 21.4 Å². The molecule has 0 saturated carbocycles. The Balaban J connectivity index is 1.87. The van der Waals surface area contributed by atoms with Gasteiger partial charge < -0.3 is 5.32 Å². The molecule has 0 radical (unpaired) electrons. The first kappa shape index (κ1) is 24.7. The van der Waals surface area contributed by atoms with E-state index in [-0.39, 0.29) is 24.0 Å². The Labute approximate surface area is 206 Å². The maximum atomic E-state index is 13.4. The second kappa shape index (κ2) is 10.8. The van der Waals surface area contributed by atoms with Crippen LogP contribution in [0.4, 0.5) is 0 Å². The van der Waals surface area contributed by atoms with Crippen LogP contribution in [0.1, 0.15) is 24.1 Å². The van der Waals surface area contributed by atoms with Crippen molar-refractivity contribution in [2.45, 2.75) is 24.4 Å². The van der Waals surface area contributed by atoms with E-state index >= 15 is 0 Å². The first-order valence-corrected chi connectivity index (χ1v) is 12.7. The van der Waals surface area contributed by atoms with Crippen molar-refractivity contribution >= 4 is 55.1 Å². The lowest BCUT2D eigenvalue weighted by Crippen LogP contribution is -2.41. The van der Waals surface area contributed by atoms with E-state index in [2.05, 4.69) is 21.2 Å². The molecule has 0 aliphatic rings. The van der Waals surface area contributed by atoms with Crippen molar-refractivity contribution in [1.82, 2.24) is 9.62 Å². The number of halogens is 3. The number of nitrogens with one attached hydrogen (secondary N) is 1. The molecule has 0 aromatic heterocycles. The molecule has 9 heteroatoms. The molecule has 168 valence electrons. The molecule has 0 unspecified atom stereocenters. The lowest BCUT2D eigenvalue weighted by atomic mass is 10.1. The summed E-state index contributed by atoms with van der Waals surface area (Å²) in [4.78, 5) is 12.9. The molecule has 1 atom stereocenters. The zero-order chi connectivity index (χ0) is 23.3. The van der Waals surface area contributed by atoms with Crippen molar-refractivity contribution in [3.8, 4) is 0 Å². The minimum Gasteiger partial charge on any atom is -0.348 e. The molecular formula is C23H21BrCl2N2O3S. The van der Waals surface area contributed by atoms with Gasteiger partial charge in [0.25, 0.3) is 0 Å². The highest BCUT2D eigenvalue weighted by Crippen LogP contribution is 2.26. The van der Waals surface area contributed by atoms with Crippen LogP contribution in [-0.4, -0.2) is 25.2 Å². The minimum atomic E-state index is -3.98. The van der Waals surface area contributed by atoms with Crippen molar-refractivity contribution in [2.24, 2.45) is 0 Å². The number of carbonyl (C=O) groups excluding carboxylic acids is 1. The largest absolute Gasteiger partial charge is 0.348 e. The summed E-state index contributed by atoms with van der Waals surface area (Å²) < 4.78 is 28.6. The van der Waals surface area contributed by atoms with Gasteiger partial charge in [-0.25, -0.2) is 8.42 Å². The number of hydrogen-bond acceptors (Lipinski definition) is 3. The normalized spacial score (nSPS) is 12.5. The molecule has 0 fully saturated rings. The van der Waals surface area contributed by atoms with E-state index in [1.165, 1.54) is 12.1 Å². The second-order valence-electron chi connectivity index (χ2n) is 7.16. The van der Waals surface area contributed by atoms with E-state index in [1.807, 2.05) is 37.3 Å². The zero-order valence-corrected chi connectivity index (χ0v) is 21.0. The Morgan fingerprint density at radius 3 is 2.31 bits per heavy atom. The fourth-order valence-corrected chi connectivity index (χ4v) is 5.20. The van der Waals surface area contributed by atoms with Gasteiger partial charge >= 0.3 is 0 Å². The number of amides is 1. The molecule has 3 aromatic carbocycles. The maximum absolute atomic E-state index is 13.4. The molecule has 32 heavy (non-hydrogen) atoms. The number of rotatable bonds is 8. The Kier molecular flexibility index (Phi) is 8.36. The Morgan fingerprint density at radius 2 is 1.69 bits per heavy atom. The molecular weight excluding hydrogens is 535 g/mol. The van der Waals surface area contributed by atoms with Gasteiger partial charge in [-0.05, 0) is 54.4 Å². The predicted octanol–water partition coefficient (Wildman–Crippen LogP) is 5.82. The standard InChI is InChI=1S/C23H21BrCl2N2O3S/c1-16(17-5-3-2-4-6-17)27-23(29)15-28(14-18-7-10-20(25)13-22(18)26)32(30,31)21-11-8-19(24)9-12-21/h2-13,16H,14-15H2,1H3,(H,27,29)/t16-/m0/s1. The van der Waals surface area contributed by atoms with Gasteiger partial charge in [-0.3, -0.25) is 4.79 Å². The number of sulfonamides is 1. The monoisotopic (exact) mass is 554 g/mol. The van der Waals surface area contributed by atoms with Crippen LogP contribution in [0, 0.1) is 0 Å². The Bertz CT molecular complexity index is 1190. The fraction of sp³-hybridized carbons (Fsp3) is 0.174. The van der Waals surface area contributed by atoms with Crippen molar-refractivity contribution in [1.29, 1.82) is 0 Å². The van der Waals surface area contributed by atoms with Crippen molar-refractivity contribution in [3.63, 3.8) is 0 Å². The Hall–Kier alpha value is -1.90. The molecule has 0 bridgehead atoms. The molecule has 3 rings (SSSR count). The first-order chi connectivity index (χ1) is 15.2. The van der Waals surface area contributed by atoms with E-state index in [4.69, 9.17) is 23.2 Å². The summed E-state index contributed by atoms with van der Waals surface area (Å²) >= 11 is 15.6. The minimum absolute atomic E-state index is 0.0784. The average molecular weight is 556 g/mol. The van der Waals surface area contributed by atoms with E-state index < -0.39 is 15.9 Å². The summed E-state index contributed by atoms with van der Waals surface area (Å²) in [6.07, 6.45) is 0. The van der Waals surface area contributed by atoms with Crippen molar-refractivity contribution in [3.05, 3.63) is 98.4 Å². The van der Waals surface area contributed by atoms with Crippen molar-refractivity contribution < 1.29 is 13.2 Å². The van der Waals surface area contributed by atoms with Crippen LogP contribution in [0.25, 0.3) is 0 Å². The van der Waals surface area contributed by atoms with Gasteiger partial charge in [-0.2, -0.15) is 4.31 Å². The number of benzene rings is 3. The highest BCUT2D eigenvalue weighted by Gasteiger charge is 2.28. The van der Waals surface area contributed by atoms with E-state index in [1.54, 1.807) is 30.3 Å². The lowest BCUT2D eigenvalue weighted by molar-refractivity contribution is -0.122. The number of hydrogen-bond donors (Lipinski definition) is 1. The third-order valence-electron chi connectivity index (χ3n) is 4.81. The highest BCUT2D eigenvalue weighted by atomic mass is 79.9. The third-order valence-corrected chi connectivity index (χ3v) is 7.73. The van der Waals surface area contributed by atoms with Gasteiger partial charge in [0.2, 0.25) is 15.9 Å². The molecule has 1 amide bonds. The van der Waals surface area contributed by atoms with Crippen LogP contribution >= 0.6 is 39.1 Å². The predicted molar refractivity (Wildman–Crippen MR) is 131 cm³/mol. The van der Waals surface area contributed by atoms with Crippen LogP contribution in [0.2, 0.25) is 10.0 Å². The smallest absolute Gasteiger partial charge is 0.243 e. The van der Waals surface area contributed by atoms with Gasteiger partial charge in [0.1, 0.15) is 0 Å². The number of nitrogens with zero attached hydrogens (tertiary/aromatic N) is 1. The first-order valence-electron chi connectivity index (χ1n) is 9.71. The summed E-state index contributed by atoms with van der Waals surface area (Å²) in [6, 6.07) is 20.2. The molecule has 0 aliphatic carbocycles. The van der Waals surface area contributed by atoms with Crippen LogP contribution in [0.3, 0.4) is 0 Å². The van der Waals surface area contributed by atoms with Crippen molar-refractivity contribution in [2.75, 3.05) is 6.54 Å². The topological polar surface area (TPSA) is 66.5 Å². The summed E-state index contributed by atoms with van der Waals surface area (Å²) in [6.45, 7) is 1.40. The molecule has 0 saturated heterocycles. The highest BCUT2D eigenvalue weighted by molar-refractivity contribution is 9.10. The maximum Gasteiger partial charge on any atom is 0.243 e. The quantitative estimate of drug-likeness (QED) is 0.380. The SMILES string of the molecule is C[C@H](NC(=O)CN(Cc1ccc(Cl)cc1Cl)S(=O)(=O)c1ccc(Br)cc1)c1ccccc1. The molecule has 0 heterocycles. The molecule has 1 N–H and O–H groups in total. The molecule has 0 aliphatic heterocycles. The lowest BCUT2D eigenvalue weighted by Gasteiger charge is -2.24. The summed E-state index contributed by atoms with van der Waals surface area (Å²) in [7, 11) is -3.98. The van der Waals surface area contributed by atoms with Gasteiger partial charge in [-0.1, -0.05) is 75.5 Å². The molecule has 0 spiro atoms. The zero-order valence-electron chi connectivity index (χ0n) is 17.1. The van der Waals surface area contributed by atoms with Gasteiger partial charge in [0, 0.05) is 21.1 Å².